The Morgan fingerprint density at radius 3 is 2.48 bits per heavy atom. The minimum Gasteiger partial charge on any atom is -0.487 e. The zero-order valence-electron chi connectivity index (χ0n) is 17.4. The fraction of sp³-hybridized carbons (Fsp3) is 0.292. The molecule has 4 rings (SSSR count). The molecule has 0 radical (unpaired) electrons. The molecule has 1 saturated carbocycles. The van der Waals surface area contributed by atoms with Crippen LogP contribution in [0.25, 0.3) is 0 Å². The number of aromatic nitrogens is 1. The van der Waals surface area contributed by atoms with Crippen molar-refractivity contribution >= 4 is 28.8 Å². The van der Waals surface area contributed by atoms with E-state index in [1.54, 1.807) is 41.9 Å². The molecule has 1 aromatic heterocycles. The first-order valence-corrected chi connectivity index (χ1v) is 11.4. The Labute approximate surface area is 185 Å². The molecule has 2 aromatic carbocycles. The first kappa shape index (κ1) is 21.1. The van der Waals surface area contributed by atoms with E-state index in [1.807, 2.05) is 18.4 Å². The molecule has 31 heavy (non-hydrogen) atoms. The minimum atomic E-state index is -0.211. The maximum atomic E-state index is 12.6. The number of nitrogens with one attached hydrogen (secondary N) is 2. The van der Waals surface area contributed by atoms with Crippen LogP contribution in [0, 0.1) is 6.92 Å². The number of carbonyl (C=O) groups is 2. The molecule has 160 valence electrons. The van der Waals surface area contributed by atoms with Crippen LogP contribution in [0.4, 0.5) is 5.69 Å². The Bertz CT molecular complexity index is 1040. The highest BCUT2D eigenvalue weighted by Crippen LogP contribution is 2.21. The van der Waals surface area contributed by atoms with Crippen LogP contribution < -0.4 is 15.4 Å². The fourth-order valence-corrected chi connectivity index (χ4v) is 4.19. The van der Waals surface area contributed by atoms with Crippen molar-refractivity contribution in [3.8, 4) is 5.75 Å². The molecule has 0 unspecified atom stereocenters. The second-order valence-electron chi connectivity index (χ2n) is 7.73. The number of ether oxygens (including phenoxy) is 1. The topological polar surface area (TPSA) is 80.3 Å². The molecule has 1 heterocycles. The van der Waals surface area contributed by atoms with Gasteiger partial charge in [0.1, 0.15) is 12.4 Å². The molecular formula is C24H25N3O3S. The summed E-state index contributed by atoms with van der Waals surface area (Å²) in [7, 11) is 0. The summed E-state index contributed by atoms with van der Waals surface area (Å²) in [4.78, 5) is 29.3. The number of nitrogens with zero attached hydrogens (tertiary/aromatic N) is 1. The van der Waals surface area contributed by atoms with Crippen LogP contribution in [0.15, 0.2) is 53.4 Å². The Morgan fingerprint density at radius 1 is 1.06 bits per heavy atom. The molecule has 0 bridgehead atoms. The third kappa shape index (κ3) is 5.49. The summed E-state index contributed by atoms with van der Waals surface area (Å²) in [5, 5.41) is 7.95. The summed E-state index contributed by atoms with van der Waals surface area (Å²) in [6.45, 7) is 2.28. The van der Waals surface area contributed by atoms with Crippen molar-refractivity contribution in [1.82, 2.24) is 10.3 Å². The Kier molecular flexibility index (Phi) is 6.62. The number of aryl methyl sites for hydroxylation is 1. The quantitative estimate of drug-likeness (QED) is 0.550. The van der Waals surface area contributed by atoms with Crippen molar-refractivity contribution < 1.29 is 14.3 Å². The first-order valence-electron chi connectivity index (χ1n) is 10.4. The van der Waals surface area contributed by atoms with Crippen LogP contribution in [-0.4, -0.2) is 22.8 Å². The third-order valence-electron chi connectivity index (χ3n) is 5.41. The maximum Gasteiger partial charge on any atom is 0.255 e. The molecule has 6 nitrogen and oxygen atoms in total. The molecule has 1 aliphatic carbocycles. The Hall–Kier alpha value is -3.19. The van der Waals surface area contributed by atoms with Gasteiger partial charge in [-0.2, -0.15) is 0 Å². The highest BCUT2D eigenvalue weighted by Gasteiger charge is 2.18. The molecular weight excluding hydrogens is 410 g/mol. The van der Waals surface area contributed by atoms with Gasteiger partial charge in [-0.25, -0.2) is 4.98 Å². The second-order valence-corrected chi connectivity index (χ2v) is 8.45. The number of hydrogen-bond donors (Lipinski definition) is 2. The summed E-state index contributed by atoms with van der Waals surface area (Å²) < 4.78 is 5.68. The van der Waals surface area contributed by atoms with Gasteiger partial charge < -0.3 is 15.4 Å². The third-order valence-corrected chi connectivity index (χ3v) is 6.05. The molecule has 2 N–H and O–H groups in total. The molecule has 0 aliphatic heterocycles. The van der Waals surface area contributed by atoms with Gasteiger partial charge in [0.15, 0.2) is 0 Å². The molecule has 7 heteroatoms. The number of carbonyl (C=O) groups excluding carboxylic acids is 2. The van der Waals surface area contributed by atoms with Gasteiger partial charge in [-0.1, -0.05) is 12.8 Å². The highest BCUT2D eigenvalue weighted by atomic mass is 32.1. The lowest BCUT2D eigenvalue weighted by molar-refractivity contribution is 0.0937. The lowest BCUT2D eigenvalue weighted by Crippen LogP contribution is -2.32. The van der Waals surface area contributed by atoms with Crippen molar-refractivity contribution in [2.75, 3.05) is 5.32 Å². The van der Waals surface area contributed by atoms with Crippen molar-refractivity contribution in [1.29, 1.82) is 0 Å². The van der Waals surface area contributed by atoms with E-state index in [1.165, 1.54) is 24.2 Å². The van der Waals surface area contributed by atoms with Crippen LogP contribution in [-0.2, 0) is 6.61 Å². The van der Waals surface area contributed by atoms with E-state index >= 15 is 0 Å². The fourth-order valence-electron chi connectivity index (χ4n) is 3.65. The van der Waals surface area contributed by atoms with Gasteiger partial charge in [0.05, 0.1) is 11.2 Å². The predicted molar refractivity (Wildman–Crippen MR) is 122 cm³/mol. The minimum absolute atomic E-state index is 0.0545. The molecule has 3 aromatic rings. The average molecular weight is 436 g/mol. The van der Waals surface area contributed by atoms with Gasteiger partial charge in [0.2, 0.25) is 0 Å². The smallest absolute Gasteiger partial charge is 0.255 e. The van der Waals surface area contributed by atoms with Crippen molar-refractivity contribution in [2.24, 2.45) is 0 Å². The number of anilines is 1. The van der Waals surface area contributed by atoms with Crippen LogP contribution in [0.3, 0.4) is 0 Å². The predicted octanol–water partition coefficient (Wildman–Crippen LogP) is 4.96. The zero-order chi connectivity index (χ0) is 21.6. The van der Waals surface area contributed by atoms with Crippen molar-refractivity contribution in [3.05, 3.63) is 75.7 Å². The van der Waals surface area contributed by atoms with E-state index in [0.29, 0.717) is 29.2 Å². The molecule has 0 saturated heterocycles. The maximum absolute atomic E-state index is 12.6. The Morgan fingerprint density at radius 2 is 1.81 bits per heavy atom. The number of rotatable bonds is 7. The summed E-state index contributed by atoms with van der Waals surface area (Å²) in [5.41, 5.74) is 5.32. The van der Waals surface area contributed by atoms with Crippen LogP contribution >= 0.6 is 11.3 Å². The number of thiazole rings is 1. The Balaban J connectivity index is 1.34. The van der Waals surface area contributed by atoms with E-state index in [-0.39, 0.29) is 17.9 Å². The monoisotopic (exact) mass is 435 g/mol. The molecule has 2 amide bonds. The summed E-state index contributed by atoms with van der Waals surface area (Å²) in [6, 6.07) is 12.6. The number of hydrogen-bond acceptors (Lipinski definition) is 5. The SMILES string of the molecule is Cc1cc(C(=O)NC2CCCC2)ccc1NC(=O)c1ccc(OCc2cscn2)cc1. The standard InChI is InChI=1S/C24H25N3O3S/c1-16-12-18(24(29)26-19-4-2-3-5-19)8-11-22(16)27-23(28)17-6-9-21(10-7-17)30-13-20-14-31-15-25-20/h6-12,14-15,19H,2-5,13H2,1H3,(H,26,29)(H,27,28). The first-order chi connectivity index (χ1) is 15.1. The van der Waals surface area contributed by atoms with Crippen LogP contribution in [0.5, 0.6) is 5.75 Å². The molecule has 0 atom stereocenters. The van der Waals surface area contributed by atoms with Gasteiger partial charge >= 0.3 is 0 Å². The second kappa shape index (κ2) is 9.75. The van der Waals surface area contributed by atoms with Gasteiger partial charge in [-0.3, -0.25) is 9.59 Å². The van der Waals surface area contributed by atoms with Gasteiger partial charge in [-0.15, -0.1) is 11.3 Å². The van der Waals surface area contributed by atoms with E-state index in [0.717, 1.165) is 24.1 Å². The summed E-state index contributed by atoms with van der Waals surface area (Å²) in [6.07, 6.45) is 4.45. The van der Waals surface area contributed by atoms with Crippen molar-refractivity contribution in [2.45, 2.75) is 45.3 Å². The summed E-state index contributed by atoms with van der Waals surface area (Å²) in [5.74, 6) is 0.414. The lowest BCUT2D eigenvalue weighted by atomic mass is 10.1. The van der Waals surface area contributed by atoms with Crippen molar-refractivity contribution in [3.63, 3.8) is 0 Å². The van der Waals surface area contributed by atoms with Crippen LogP contribution in [0.1, 0.15) is 57.7 Å². The van der Waals surface area contributed by atoms with E-state index in [2.05, 4.69) is 15.6 Å². The molecule has 1 aliphatic rings. The molecule has 1 fully saturated rings. The normalized spacial score (nSPS) is 13.7. The molecule has 0 spiro atoms. The van der Waals surface area contributed by atoms with Gasteiger partial charge in [0.25, 0.3) is 11.8 Å². The van der Waals surface area contributed by atoms with Crippen LogP contribution in [0.2, 0.25) is 0 Å². The number of amides is 2. The largest absolute Gasteiger partial charge is 0.487 e. The zero-order valence-corrected chi connectivity index (χ0v) is 18.2. The van der Waals surface area contributed by atoms with Gasteiger partial charge in [-0.05, 0) is 67.8 Å². The van der Waals surface area contributed by atoms with E-state index in [4.69, 9.17) is 4.74 Å². The lowest BCUT2D eigenvalue weighted by Gasteiger charge is -2.14. The average Bonchev–Trinajstić information content (AvgIpc) is 3.48. The van der Waals surface area contributed by atoms with E-state index < -0.39 is 0 Å². The highest BCUT2D eigenvalue weighted by molar-refractivity contribution is 7.07. The summed E-state index contributed by atoms with van der Waals surface area (Å²) >= 11 is 1.53. The van der Waals surface area contributed by atoms with E-state index in [9.17, 15) is 9.59 Å². The van der Waals surface area contributed by atoms with Gasteiger partial charge in [0, 0.05) is 28.2 Å². The number of benzene rings is 2.